The first-order chi connectivity index (χ1) is 30.3. The van der Waals surface area contributed by atoms with Gasteiger partial charge in [0.15, 0.2) is 0 Å². The number of anilines is 2. The highest BCUT2D eigenvalue weighted by Gasteiger charge is 2.48. The van der Waals surface area contributed by atoms with Crippen LogP contribution in [0.4, 0.5) is 24.7 Å². The predicted molar refractivity (Wildman–Crippen MR) is 250 cm³/mol. The van der Waals surface area contributed by atoms with Gasteiger partial charge in [0.25, 0.3) is 19.9 Å². The van der Waals surface area contributed by atoms with E-state index in [-0.39, 0.29) is 16.9 Å². The molecule has 0 unspecified atom stereocenters. The number of nitrogens with zero attached hydrogens (tertiary/aromatic N) is 5. The second-order valence-electron chi connectivity index (χ2n) is 18.1. The molecule has 0 radical (unpaired) electrons. The lowest BCUT2D eigenvalue weighted by Crippen LogP contribution is -2.47. The van der Waals surface area contributed by atoms with Gasteiger partial charge in [-0.05, 0) is 138 Å². The number of allylic oxidation sites excluding steroid dienone is 1. The van der Waals surface area contributed by atoms with Crippen LogP contribution < -0.4 is 10.0 Å². The number of fused-ring (bicyclic) bond motifs is 1. The van der Waals surface area contributed by atoms with E-state index in [2.05, 4.69) is 55.8 Å². The first kappa shape index (κ1) is 48.2. The molecule has 7 rings (SSSR count). The molecule has 0 amide bonds. The van der Waals surface area contributed by atoms with Crippen LogP contribution in [0, 0.1) is 5.41 Å². The Bertz CT molecular complexity index is 2520. The molecule has 1 aromatic heterocycles. The highest BCUT2D eigenvalue weighted by molar-refractivity contribution is 7.99. The molecule has 1 saturated heterocycles. The van der Waals surface area contributed by atoms with E-state index in [0.29, 0.717) is 61.6 Å². The molecule has 2 aliphatic heterocycles. The summed E-state index contributed by atoms with van der Waals surface area (Å²) in [5.41, 5.74) is -0.329. The first-order valence-corrected chi connectivity index (χ1v) is 25.9. The number of nitrogens with one attached hydrogen (secondary N) is 2. The molecule has 1 fully saturated rings. The van der Waals surface area contributed by atoms with Crippen molar-refractivity contribution in [2.45, 2.75) is 97.6 Å². The van der Waals surface area contributed by atoms with Crippen LogP contribution in [0.25, 0.3) is 5.57 Å². The van der Waals surface area contributed by atoms with Crippen LogP contribution in [0.3, 0.4) is 0 Å². The van der Waals surface area contributed by atoms with Gasteiger partial charge in [0.2, 0.25) is 0 Å². The van der Waals surface area contributed by atoms with Crippen molar-refractivity contribution in [3.8, 4) is 0 Å². The number of benzene rings is 3. The van der Waals surface area contributed by atoms with E-state index in [9.17, 15) is 30.0 Å². The normalized spacial score (nSPS) is 18.5. The predicted octanol–water partition coefficient (Wildman–Crippen LogP) is 9.24. The lowest BCUT2D eigenvalue weighted by atomic mass is 9.72. The Balaban J connectivity index is 1.04. The van der Waals surface area contributed by atoms with Crippen LogP contribution in [0.1, 0.15) is 69.2 Å². The molecule has 0 bridgehead atoms. The van der Waals surface area contributed by atoms with Crippen molar-refractivity contribution < 1.29 is 30.0 Å². The van der Waals surface area contributed by atoms with Crippen molar-refractivity contribution in [2.75, 3.05) is 62.6 Å². The van der Waals surface area contributed by atoms with E-state index in [0.717, 1.165) is 73.8 Å². The van der Waals surface area contributed by atoms with Gasteiger partial charge in [-0.1, -0.05) is 61.4 Å². The summed E-state index contributed by atoms with van der Waals surface area (Å²) in [6, 6.07) is 20.3. The zero-order valence-electron chi connectivity index (χ0n) is 36.7. The number of piperidine rings is 1. The van der Waals surface area contributed by atoms with Crippen molar-refractivity contribution in [2.24, 2.45) is 5.41 Å². The number of halogens is 4. The minimum atomic E-state index is -5.98. The number of rotatable bonds is 16. The summed E-state index contributed by atoms with van der Waals surface area (Å²) in [6.07, 6.45) is 7.41. The average Bonchev–Trinajstić information content (AvgIpc) is 3.25. The minimum absolute atomic E-state index is 0.0176. The minimum Gasteiger partial charge on any atom is -0.380 e. The Kier molecular flexibility index (Phi) is 15.1. The Morgan fingerprint density at radius 3 is 2.36 bits per heavy atom. The second-order valence-corrected chi connectivity index (χ2v) is 23.2. The molecule has 2 N–H and O–H groups in total. The number of hydrogen-bond donors (Lipinski definition) is 2. The SMILES string of the molecule is CN(C)CC[C@H](CSc1ccccc1)Nc1ccc(S(=O)(=O)Nc2ncnc3c2CCN(C2CCN(CC4=C(c5ccc(Cl)cc5)CC(C)(C)CC4)CC2)C3)cc1S(=O)(=O)C(F)(F)F. The molecule has 3 aromatic carbocycles. The summed E-state index contributed by atoms with van der Waals surface area (Å²) in [5.74, 6) is 0.425. The highest BCUT2D eigenvalue weighted by Crippen LogP contribution is 2.44. The summed E-state index contributed by atoms with van der Waals surface area (Å²) in [7, 11) is -6.87. The molecule has 3 heterocycles. The van der Waals surface area contributed by atoms with Gasteiger partial charge in [-0.25, -0.2) is 26.8 Å². The van der Waals surface area contributed by atoms with Crippen LogP contribution >= 0.6 is 23.4 Å². The molecular formula is C46H57ClF3N7O4S3. The number of aromatic nitrogens is 2. The van der Waals surface area contributed by atoms with Gasteiger partial charge in [0, 0.05) is 53.0 Å². The Hall–Kier alpha value is -3.71. The molecule has 18 heteroatoms. The van der Waals surface area contributed by atoms with E-state index in [1.54, 1.807) is 0 Å². The van der Waals surface area contributed by atoms with Crippen LogP contribution in [0.2, 0.25) is 5.02 Å². The van der Waals surface area contributed by atoms with Crippen molar-refractivity contribution >= 4 is 60.3 Å². The number of likely N-dealkylation sites (tertiary alicyclic amines) is 1. The Morgan fingerprint density at radius 2 is 1.67 bits per heavy atom. The maximum Gasteiger partial charge on any atom is 0.501 e. The summed E-state index contributed by atoms with van der Waals surface area (Å²) in [6.45, 7) is 9.22. The smallest absolute Gasteiger partial charge is 0.380 e. The monoisotopic (exact) mass is 959 g/mol. The van der Waals surface area contributed by atoms with Gasteiger partial charge in [0.05, 0.1) is 16.3 Å². The fraction of sp³-hybridized carbons (Fsp3) is 0.478. The third kappa shape index (κ3) is 11.8. The van der Waals surface area contributed by atoms with Crippen LogP contribution in [-0.2, 0) is 32.8 Å². The fourth-order valence-corrected chi connectivity index (χ4v) is 12.0. The van der Waals surface area contributed by atoms with Gasteiger partial charge in [-0.2, -0.15) is 13.2 Å². The summed E-state index contributed by atoms with van der Waals surface area (Å²) < 4.78 is 99.0. The Labute approximate surface area is 385 Å². The molecule has 346 valence electrons. The van der Waals surface area contributed by atoms with Crippen molar-refractivity contribution in [1.29, 1.82) is 0 Å². The molecule has 4 aromatic rings. The van der Waals surface area contributed by atoms with E-state index in [1.807, 2.05) is 61.5 Å². The van der Waals surface area contributed by atoms with Gasteiger partial charge in [-0.15, -0.1) is 11.8 Å². The number of alkyl halides is 3. The van der Waals surface area contributed by atoms with Crippen LogP contribution in [0.15, 0.2) is 99.4 Å². The van der Waals surface area contributed by atoms with Crippen molar-refractivity contribution in [1.82, 2.24) is 24.7 Å². The maximum absolute atomic E-state index is 14.2. The quantitative estimate of drug-likeness (QED) is 0.104. The van der Waals surface area contributed by atoms with Crippen molar-refractivity contribution in [3.05, 3.63) is 107 Å². The largest absolute Gasteiger partial charge is 0.501 e. The third-order valence-corrected chi connectivity index (χ3v) is 16.8. The van der Waals surface area contributed by atoms with Gasteiger partial charge >= 0.3 is 5.51 Å². The zero-order chi connectivity index (χ0) is 45.9. The third-order valence-electron chi connectivity index (χ3n) is 12.5. The Morgan fingerprint density at radius 1 is 0.953 bits per heavy atom. The van der Waals surface area contributed by atoms with Crippen LogP contribution in [-0.4, -0.2) is 112 Å². The lowest BCUT2D eigenvalue weighted by molar-refractivity contribution is -0.0435. The number of hydrogen-bond acceptors (Lipinski definition) is 11. The number of thioether (sulfide) groups is 1. The number of sulfonamides is 1. The van der Waals surface area contributed by atoms with E-state index in [1.165, 1.54) is 34.8 Å². The van der Waals surface area contributed by atoms with E-state index < -0.39 is 41.2 Å². The zero-order valence-corrected chi connectivity index (χ0v) is 39.9. The van der Waals surface area contributed by atoms with Gasteiger partial charge in [0.1, 0.15) is 17.0 Å². The molecule has 11 nitrogen and oxygen atoms in total. The molecule has 1 atom stereocenters. The summed E-state index contributed by atoms with van der Waals surface area (Å²) in [4.78, 5) is 14.7. The molecule has 0 saturated carbocycles. The topological polar surface area (TPSA) is 128 Å². The maximum atomic E-state index is 14.2. The lowest BCUT2D eigenvalue weighted by Gasteiger charge is -2.41. The summed E-state index contributed by atoms with van der Waals surface area (Å²) in [5, 5.41) is 3.74. The fourth-order valence-electron chi connectivity index (χ4n) is 8.82. The first-order valence-electron chi connectivity index (χ1n) is 21.6. The standard InChI is InChI=1S/C46H57ClF3N7O4S3/c1-45(2)21-16-33(40(27-45)32-10-12-34(47)13-11-32)28-56-23-18-36(19-24-56)57-25-20-39-42(29-57)51-31-52-44(39)54-64(60,61)38-14-15-41(43(26-38)63(58,59)46(48,49)50)53-35(17-22-55(3)4)30-62-37-8-6-5-7-9-37/h5-15,26,31,35-36,53H,16-25,27-30H2,1-4H3,(H,51,52,54)/t35-/m1/s1. The second kappa shape index (κ2) is 20.0. The van der Waals surface area contributed by atoms with E-state index >= 15 is 0 Å². The molecule has 1 aliphatic carbocycles. The highest BCUT2D eigenvalue weighted by atomic mass is 35.5. The summed E-state index contributed by atoms with van der Waals surface area (Å²) >= 11 is 7.70. The molecule has 0 spiro atoms. The molecular weight excluding hydrogens is 903 g/mol. The van der Waals surface area contributed by atoms with Gasteiger partial charge < -0.3 is 10.2 Å². The number of sulfone groups is 1. The molecule has 64 heavy (non-hydrogen) atoms. The van der Waals surface area contributed by atoms with E-state index in [4.69, 9.17) is 11.6 Å². The van der Waals surface area contributed by atoms with Gasteiger partial charge in [-0.3, -0.25) is 14.5 Å². The van der Waals surface area contributed by atoms with Crippen molar-refractivity contribution in [3.63, 3.8) is 0 Å². The van der Waals surface area contributed by atoms with Crippen LogP contribution in [0.5, 0.6) is 0 Å². The molecule has 3 aliphatic rings. The average molecular weight is 961 g/mol.